The van der Waals surface area contributed by atoms with Gasteiger partial charge in [0, 0.05) is 13.0 Å². The number of carbonyl (C=O) groups excluding carboxylic acids is 1. The molecule has 0 saturated heterocycles. The minimum atomic E-state index is -0.0586. The van der Waals surface area contributed by atoms with Crippen LogP contribution < -0.4 is 5.32 Å². The second-order valence-electron chi connectivity index (χ2n) is 4.52. The maximum Gasteiger partial charge on any atom is 0.220 e. The summed E-state index contributed by atoms with van der Waals surface area (Å²) >= 11 is 12.0. The molecule has 7 heteroatoms. The first-order valence-corrected chi connectivity index (χ1v) is 7.43. The fourth-order valence-corrected chi connectivity index (χ4v) is 2.35. The van der Waals surface area contributed by atoms with E-state index in [0.717, 1.165) is 17.9 Å². The van der Waals surface area contributed by atoms with Gasteiger partial charge >= 0.3 is 0 Å². The zero-order chi connectivity index (χ0) is 15.2. The van der Waals surface area contributed by atoms with Gasteiger partial charge in [0.1, 0.15) is 6.33 Å². The van der Waals surface area contributed by atoms with E-state index in [4.69, 9.17) is 23.2 Å². The minimum Gasteiger partial charge on any atom is -0.349 e. The van der Waals surface area contributed by atoms with Crippen LogP contribution in [0.2, 0.25) is 10.0 Å². The molecule has 0 saturated carbocycles. The number of carbonyl (C=O) groups is 1. The monoisotopic (exact) mass is 326 g/mol. The normalized spacial score (nSPS) is 10.6. The quantitative estimate of drug-likeness (QED) is 0.887. The molecule has 2 aromatic rings. The van der Waals surface area contributed by atoms with Crippen LogP contribution in [-0.2, 0) is 24.3 Å². The SMILES string of the molecule is CCn1cnnc1CNC(=O)CCc1cccc(Cl)c1Cl. The Labute approximate surface area is 133 Å². The third-order valence-corrected chi connectivity index (χ3v) is 3.99. The van der Waals surface area contributed by atoms with Gasteiger partial charge in [-0.15, -0.1) is 10.2 Å². The van der Waals surface area contributed by atoms with Crippen LogP contribution in [0.25, 0.3) is 0 Å². The Morgan fingerprint density at radius 2 is 2.19 bits per heavy atom. The van der Waals surface area contributed by atoms with Gasteiger partial charge in [0.2, 0.25) is 5.91 Å². The van der Waals surface area contributed by atoms with Crippen LogP contribution >= 0.6 is 23.2 Å². The Balaban J connectivity index is 1.84. The Morgan fingerprint density at radius 3 is 2.95 bits per heavy atom. The summed E-state index contributed by atoms with van der Waals surface area (Å²) in [4.78, 5) is 11.9. The highest BCUT2D eigenvalue weighted by Crippen LogP contribution is 2.26. The van der Waals surface area contributed by atoms with E-state index >= 15 is 0 Å². The predicted octanol–water partition coefficient (Wildman–Crippen LogP) is 2.85. The van der Waals surface area contributed by atoms with Crippen molar-refractivity contribution >= 4 is 29.1 Å². The summed E-state index contributed by atoms with van der Waals surface area (Å²) in [6, 6.07) is 5.42. The van der Waals surface area contributed by atoms with Gasteiger partial charge in [0.05, 0.1) is 16.6 Å². The van der Waals surface area contributed by atoms with Crippen molar-refractivity contribution in [2.45, 2.75) is 32.9 Å². The third kappa shape index (κ3) is 4.19. The lowest BCUT2D eigenvalue weighted by atomic mass is 10.1. The number of nitrogens with zero attached hydrogens (tertiary/aromatic N) is 3. The zero-order valence-electron chi connectivity index (χ0n) is 11.6. The van der Waals surface area contributed by atoms with Crippen molar-refractivity contribution in [2.75, 3.05) is 0 Å². The minimum absolute atomic E-state index is 0.0586. The molecule has 0 aliphatic rings. The molecule has 1 aromatic carbocycles. The first-order valence-electron chi connectivity index (χ1n) is 6.68. The van der Waals surface area contributed by atoms with Gasteiger partial charge in [-0.25, -0.2) is 0 Å². The molecule has 0 unspecified atom stereocenters. The van der Waals surface area contributed by atoms with Crippen molar-refractivity contribution < 1.29 is 4.79 Å². The fourth-order valence-electron chi connectivity index (χ4n) is 1.94. The standard InChI is InChI=1S/C14H16Cl2N4O/c1-2-20-9-18-19-12(20)8-17-13(21)7-6-10-4-3-5-11(15)14(10)16/h3-5,9H,2,6-8H2,1H3,(H,17,21). The molecule has 0 aliphatic carbocycles. The van der Waals surface area contributed by atoms with Crippen LogP contribution in [-0.4, -0.2) is 20.7 Å². The van der Waals surface area contributed by atoms with E-state index in [1.54, 1.807) is 12.4 Å². The highest BCUT2D eigenvalue weighted by Gasteiger charge is 2.09. The van der Waals surface area contributed by atoms with Crippen molar-refractivity contribution in [3.63, 3.8) is 0 Å². The average molecular weight is 327 g/mol. The summed E-state index contributed by atoms with van der Waals surface area (Å²) in [6.07, 6.45) is 2.54. The maximum atomic E-state index is 11.9. The number of benzene rings is 1. The molecule has 0 spiro atoms. The molecule has 1 heterocycles. The van der Waals surface area contributed by atoms with Gasteiger partial charge < -0.3 is 9.88 Å². The molecule has 0 fully saturated rings. The van der Waals surface area contributed by atoms with Crippen LogP contribution in [0, 0.1) is 0 Å². The van der Waals surface area contributed by atoms with Crippen molar-refractivity contribution in [3.8, 4) is 0 Å². The number of aryl methyl sites for hydroxylation is 2. The van der Waals surface area contributed by atoms with E-state index in [-0.39, 0.29) is 5.91 Å². The number of hydrogen-bond acceptors (Lipinski definition) is 3. The van der Waals surface area contributed by atoms with E-state index in [2.05, 4.69) is 15.5 Å². The van der Waals surface area contributed by atoms with Crippen LogP contribution in [0.3, 0.4) is 0 Å². The summed E-state index contributed by atoms with van der Waals surface area (Å²) in [5.41, 5.74) is 0.871. The van der Waals surface area contributed by atoms with E-state index in [0.29, 0.717) is 29.4 Å². The van der Waals surface area contributed by atoms with Crippen LogP contribution in [0.5, 0.6) is 0 Å². The lowest BCUT2D eigenvalue weighted by Gasteiger charge is -2.07. The summed E-state index contributed by atoms with van der Waals surface area (Å²) in [5.74, 6) is 0.684. The van der Waals surface area contributed by atoms with E-state index in [1.807, 2.05) is 23.6 Å². The van der Waals surface area contributed by atoms with Crippen LogP contribution in [0.1, 0.15) is 24.7 Å². The summed E-state index contributed by atoms with van der Waals surface area (Å²) in [5, 5.41) is 11.6. The molecular weight excluding hydrogens is 311 g/mol. The summed E-state index contributed by atoms with van der Waals surface area (Å²) < 4.78 is 1.88. The average Bonchev–Trinajstić information content (AvgIpc) is 2.94. The van der Waals surface area contributed by atoms with Gasteiger partial charge in [-0.2, -0.15) is 0 Å². The molecule has 1 aromatic heterocycles. The second-order valence-corrected chi connectivity index (χ2v) is 5.31. The van der Waals surface area contributed by atoms with Crippen molar-refractivity contribution in [3.05, 3.63) is 46.0 Å². The Hall–Kier alpha value is -1.59. The molecule has 0 aliphatic heterocycles. The van der Waals surface area contributed by atoms with Gasteiger partial charge in [0.25, 0.3) is 0 Å². The van der Waals surface area contributed by atoms with Crippen molar-refractivity contribution in [2.24, 2.45) is 0 Å². The van der Waals surface area contributed by atoms with E-state index in [1.165, 1.54) is 0 Å². The van der Waals surface area contributed by atoms with Crippen molar-refractivity contribution in [1.29, 1.82) is 0 Å². The number of aromatic nitrogens is 3. The molecule has 0 radical (unpaired) electrons. The Bertz CT molecular complexity index is 627. The predicted molar refractivity (Wildman–Crippen MR) is 82.3 cm³/mol. The molecule has 1 amide bonds. The van der Waals surface area contributed by atoms with Gasteiger partial charge in [-0.3, -0.25) is 4.79 Å². The smallest absolute Gasteiger partial charge is 0.220 e. The third-order valence-electron chi connectivity index (χ3n) is 3.13. The Morgan fingerprint density at radius 1 is 1.38 bits per heavy atom. The zero-order valence-corrected chi connectivity index (χ0v) is 13.2. The molecule has 112 valence electrons. The largest absolute Gasteiger partial charge is 0.349 e. The summed E-state index contributed by atoms with van der Waals surface area (Å²) in [7, 11) is 0. The molecular formula is C14H16Cl2N4O. The maximum absolute atomic E-state index is 11.9. The first-order chi connectivity index (χ1) is 10.1. The van der Waals surface area contributed by atoms with Gasteiger partial charge in [-0.05, 0) is 25.0 Å². The number of nitrogens with one attached hydrogen (secondary N) is 1. The lowest BCUT2D eigenvalue weighted by molar-refractivity contribution is -0.121. The second kappa shape index (κ2) is 7.43. The molecule has 0 atom stereocenters. The van der Waals surface area contributed by atoms with Crippen LogP contribution in [0.15, 0.2) is 24.5 Å². The van der Waals surface area contributed by atoms with E-state index in [9.17, 15) is 4.79 Å². The fraction of sp³-hybridized carbons (Fsp3) is 0.357. The number of amides is 1. The number of halogens is 2. The number of rotatable bonds is 6. The van der Waals surface area contributed by atoms with Crippen LogP contribution in [0.4, 0.5) is 0 Å². The molecule has 5 nitrogen and oxygen atoms in total. The highest BCUT2D eigenvalue weighted by atomic mass is 35.5. The topological polar surface area (TPSA) is 59.8 Å². The van der Waals surface area contributed by atoms with Gasteiger partial charge in [-0.1, -0.05) is 35.3 Å². The first kappa shape index (κ1) is 15.8. The highest BCUT2D eigenvalue weighted by molar-refractivity contribution is 6.42. The van der Waals surface area contributed by atoms with E-state index < -0.39 is 0 Å². The summed E-state index contributed by atoms with van der Waals surface area (Å²) in [6.45, 7) is 3.14. The van der Waals surface area contributed by atoms with Crippen molar-refractivity contribution in [1.82, 2.24) is 20.1 Å². The molecule has 21 heavy (non-hydrogen) atoms. The van der Waals surface area contributed by atoms with Gasteiger partial charge in [0.15, 0.2) is 5.82 Å². The molecule has 1 N–H and O–H groups in total. The molecule has 0 bridgehead atoms. The Kier molecular flexibility index (Phi) is 5.59. The number of hydrogen-bond donors (Lipinski definition) is 1. The molecule has 2 rings (SSSR count). The lowest BCUT2D eigenvalue weighted by Crippen LogP contribution is -2.24.